The van der Waals surface area contributed by atoms with Crippen LogP contribution in [0.5, 0.6) is 0 Å². The summed E-state index contributed by atoms with van der Waals surface area (Å²) in [5.74, 6) is -3.09. The third-order valence-corrected chi connectivity index (χ3v) is 3.08. The molecule has 80 valence electrons. The standard InChI is InChI=1S/C11H10F2O2/c12-8-4-1-3-7(9(8)13)11(10(14)15)5-2-6-11/h1,3-4H,2,5-6H2,(H,14,15). The van der Waals surface area contributed by atoms with Gasteiger partial charge in [-0.25, -0.2) is 8.78 Å². The number of benzene rings is 1. The molecule has 1 aliphatic carbocycles. The molecule has 1 saturated carbocycles. The molecule has 0 atom stereocenters. The molecule has 0 amide bonds. The van der Waals surface area contributed by atoms with Gasteiger partial charge in [-0.2, -0.15) is 0 Å². The highest BCUT2D eigenvalue weighted by molar-refractivity contribution is 5.82. The van der Waals surface area contributed by atoms with Crippen LogP contribution >= 0.6 is 0 Å². The van der Waals surface area contributed by atoms with Crippen LogP contribution in [0.3, 0.4) is 0 Å². The van der Waals surface area contributed by atoms with Gasteiger partial charge in [0.1, 0.15) is 0 Å². The molecule has 0 radical (unpaired) electrons. The summed E-state index contributed by atoms with van der Waals surface area (Å²) in [4.78, 5) is 11.1. The second-order valence-electron chi connectivity index (χ2n) is 3.84. The Balaban J connectivity index is 2.53. The topological polar surface area (TPSA) is 37.3 Å². The number of halogens is 2. The maximum absolute atomic E-state index is 13.4. The molecule has 0 unspecified atom stereocenters. The Kier molecular flexibility index (Phi) is 2.21. The number of carboxylic acids is 1. The molecule has 2 rings (SSSR count). The maximum Gasteiger partial charge on any atom is 0.314 e. The van der Waals surface area contributed by atoms with Gasteiger partial charge >= 0.3 is 5.97 Å². The Morgan fingerprint density at radius 2 is 2.00 bits per heavy atom. The van der Waals surface area contributed by atoms with Crippen molar-refractivity contribution in [1.82, 2.24) is 0 Å². The molecule has 0 saturated heterocycles. The Bertz CT molecular complexity index is 411. The van der Waals surface area contributed by atoms with Crippen molar-refractivity contribution >= 4 is 5.97 Å². The smallest absolute Gasteiger partial charge is 0.314 e. The van der Waals surface area contributed by atoms with Gasteiger partial charge in [-0.1, -0.05) is 18.6 Å². The first kappa shape index (κ1) is 10.1. The van der Waals surface area contributed by atoms with E-state index in [4.69, 9.17) is 5.11 Å². The third-order valence-electron chi connectivity index (χ3n) is 3.08. The van der Waals surface area contributed by atoms with E-state index in [1.165, 1.54) is 12.1 Å². The predicted octanol–water partition coefficient (Wildman–Crippen LogP) is 2.47. The summed E-state index contributed by atoms with van der Waals surface area (Å²) in [5.41, 5.74) is -1.23. The van der Waals surface area contributed by atoms with Crippen LogP contribution in [-0.4, -0.2) is 11.1 Å². The van der Waals surface area contributed by atoms with Gasteiger partial charge in [-0.3, -0.25) is 4.79 Å². The van der Waals surface area contributed by atoms with Gasteiger partial charge in [0.05, 0.1) is 5.41 Å². The van der Waals surface area contributed by atoms with Crippen molar-refractivity contribution in [3.05, 3.63) is 35.4 Å². The molecule has 0 heterocycles. The number of aliphatic carboxylic acids is 1. The first-order valence-electron chi connectivity index (χ1n) is 4.76. The molecular formula is C11H10F2O2. The minimum atomic E-state index is -1.20. The fourth-order valence-electron chi connectivity index (χ4n) is 2.00. The summed E-state index contributed by atoms with van der Waals surface area (Å²) < 4.78 is 26.4. The summed E-state index contributed by atoms with van der Waals surface area (Å²) >= 11 is 0. The molecule has 1 N–H and O–H groups in total. The zero-order valence-corrected chi connectivity index (χ0v) is 7.96. The number of hydrogen-bond acceptors (Lipinski definition) is 1. The molecule has 1 aromatic rings. The van der Waals surface area contributed by atoms with E-state index in [9.17, 15) is 13.6 Å². The quantitative estimate of drug-likeness (QED) is 0.817. The molecule has 15 heavy (non-hydrogen) atoms. The lowest BCUT2D eigenvalue weighted by atomic mass is 9.64. The van der Waals surface area contributed by atoms with Crippen molar-refractivity contribution < 1.29 is 18.7 Å². The summed E-state index contributed by atoms with van der Waals surface area (Å²) in [6.45, 7) is 0. The molecule has 0 spiro atoms. The normalized spacial score (nSPS) is 18.3. The fraction of sp³-hybridized carbons (Fsp3) is 0.364. The first-order valence-corrected chi connectivity index (χ1v) is 4.76. The van der Waals surface area contributed by atoms with Gasteiger partial charge in [0.2, 0.25) is 0 Å². The van der Waals surface area contributed by atoms with Gasteiger partial charge < -0.3 is 5.11 Å². The Morgan fingerprint density at radius 1 is 1.33 bits per heavy atom. The van der Waals surface area contributed by atoms with Crippen LogP contribution < -0.4 is 0 Å². The lowest BCUT2D eigenvalue weighted by molar-refractivity contribution is -0.147. The van der Waals surface area contributed by atoms with Crippen LogP contribution in [0.25, 0.3) is 0 Å². The van der Waals surface area contributed by atoms with E-state index < -0.39 is 23.0 Å². The molecule has 0 bridgehead atoms. The number of hydrogen-bond donors (Lipinski definition) is 1. The van der Waals surface area contributed by atoms with Crippen LogP contribution in [-0.2, 0) is 10.2 Å². The summed E-state index contributed by atoms with van der Waals surface area (Å²) in [6, 6.07) is 3.69. The fourth-order valence-corrected chi connectivity index (χ4v) is 2.00. The van der Waals surface area contributed by atoms with E-state index in [0.29, 0.717) is 12.8 Å². The van der Waals surface area contributed by atoms with Crippen molar-refractivity contribution in [3.8, 4) is 0 Å². The second kappa shape index (κ2) is 3.29. The molecule has 1 aromatic carbocycles. The minimum absolute atomic E-state index is 0.0266. The third kappa shape index (κ3) is 1.32. The molecule has 4 heteroatoms. The van der Waals surface area contributed by atoms with Crippen LogP contribution in [0, 0.1) is 11.6 Å². The van der Waals surface area contributed by atoms with E-state index in [0.717, 1.165) is 12.5 Å². The molecule has 0 aromatic heterocycles. The van der Waals surface area contributed by atoms with Crippen LogP contribution in [0.1, 0.15) is 24.8 Å². The molecule has 1 aliphatic rings. The molecule has 2 nitrogen and oxygen atoms in total. The van der Waals surface area contributed by atoms with Crippen LogP contribution in [0.15, 0.2) is 18.2 Å². The largest absolute Gasteiger partial charge is 0.481 e. The van der Waals surface area contributed by atoms with Crippen LogP contribution in [0.4, 0.5) is 8.78 Å². The van der Waals surface area contributed by atoms with Crippen molar-refractivity contribution in [3.63, 3.8) is 0 Å². The average Bonchev–Trinajstić information content (AvgIpc) is 2.09. The van der Waals surface area contributed by atoms with Gasteiger partial charge in [0, 0.05) is 5.56 Å². The van der Waals surface area contributed by atoms with Gasteiger partial charge in [-0.05, 0) is 18.9 Å². The number of carboxylic acid groups (broad SMARTS) is 1. The van der Waals surface area contributed by atoms with E-state index in [2.05, 4.69) is 0 Å². The van der Waals surface area contributed by atoms with Gasteiger partial charge in [0.25, 0.3) is 0 Å². The number of carbonyl (C=O) groups is 1. The Morgan fingerprint density at radius 3 is 2.47 bits per heavy atom. The highest BCUT2D eigenvalue weighted by Crippen LogP contribution is 2.45. The maximum atomic E-state index is 13.4. The summed E-state index contributed by atoms with van der Waals surface area (Å²) in [6.07, 6.45) is 1.49. The van der Waals surface area contributed by atoms with Crippen molar-refractivity contribution in [2.45, 2.75) is 24.7 Å². The highest BCUT2D eigenvalue weighted by Gasteiger charge is 2.47. The zero-order valence-electron chi connectivity index (χ0n) is 7.96. The van der Waals surface area contributed by atoms with E-state index in [1.807, 2.05) is 0 Å². The SMILES string of the molecule is O=C(O)C1(c2cccc(F)c2F)CCC1. The zero-order chi connectivity index (χ0) is 11.1. The minimum Gasteiger partial charge on any atom is -0.481 e. The molecular weight excluding hydrogens is 202 g/mol. The Hall–Kier alpha value is -1.45. The lowest BCUT2D eigenvalue weighted by Gasteiger charge is -2.38. The highest BCUT2D eigenvalue weighted by atomic mass is 19.2. The van der Waals surface area contributed by atoms with Gasteiger partial charge in [-0.15, -0.1) is 0 Å². The predicted molar refractivity (Wildman–Crippen MR) is 49.5 cm³/mol. The lowest BCUT2D eigenvalue weighted by Crippen LogP contribution is -2.43. The molecule has 0 aliphatic heterocycles. The van der Waals surface area contributed by atoms with Crippen molar-refractivity contribution in [2.75, 3.05) is 0 Å². The van der Waals surface area contributed by atoms with E-state index in [1.54, 1.807) is 0 Å². The monoisotopic (exact) mass is 212 g/mol. The van der Waals surface area contributed by atoms with E-state index in [-0.39, 0.29) is 5.56 Å². The van der Waals surface area contributed by atoms with Crippen molar-refractivity contribution in [1.29, 1.82) is 0 Å². The first-order chi connectivity index (χ1) is 7.08. The van der Waals surface area contributed by atoms with E-state index >= 15 is 0 Å². The molecule has 1 fully saturated rings. The second-order valence-corrected chi connectivity index (χ2v) is 3.84. The average molecular weight is 212 g/mol. The Labute approximate surface area is 85.5 Å². The number of rotatable bonds is 2. The van der Waals surface area contributed by atoms with Gasteiger partial charge in [0.15, 0.2) is 11.6 Å². The van der Waals surface area contributed by atoms with Crippen molar-refractivity contribution in [2.24, 2.45) is 0 Å². The van der Waals surface area contributed by atoms with Crippen LogP contribution in [0.2, 0.25) is 0 Å². The summed E-state index contributed by atoms with van der Waals surface area (Å²) in [5, 5.41) is 9.06. The summed E-state index contributed by atoms with van der Waals surface area (Å²) in [7, 11) is 0.